The minimum Gasteiger partial charge on any atom is -0.381 e. The second-order valence-corrected chi connectivity index (χ2v) is 12.0. The van der Waals surface area contributed by atoms with E-state index in [9.17, 15) is 0 Å². The van der Waals surface area contributed by atoms with Crippen LogP contribution in [0.5, 0.6) is 0 Å². The second-order valence-electron chi connectivity index (χ2n) is 3.18. The van der Waals surface area contributed by atoms with Crippen molar-refractivity contribution in [1.82, 2.24) is 0 Å². The molecule has 0 bridgehead atoms. The first kappa shape index (κ1) is 12.1. The third-order valence-corrected chi connectivity index (χ3v) is 5.47. The Kier molecular flexibility index (Phi) is 4.82. The molecular weight excluding hydrogens is 251 g/mol. The van der Waals surface area contributed by atoms with Gasteiger partial charge in [0.25, 0.3) is 0 Å². The van der Waals surface area contributed by atoms with Gasteiger partial charge in [0.15, 0.2) is 0 Å². The van der Waals surface area contributed by atoms with E-state index in [1.165, 1.54) is 0 Å². The van der Waals surface area contributed by atoms with E-state index in [1.807, 2.05) is 6.92 Å². The lowest BCUT2D eigenvalue weighted by atomic mass is 10.1. The van der Waals surface area contributed by atoms with Crippen LogP contribution in [-0.2, 0) is 9.47 Å². The van der Waals surface area contributed by atoms with Crippen LogP contribution in [0.15, 0.2) is 0 Å². The third kappa shape index (κ3) is 3.94. The van der Waals surface area contributed by atoms with Crippen LogP contribution in [0, 0.1) is 5.92 Å². The molecule has 1 heterocycles. The maximum absolute atomic E-state index is 5.86. The maximum atomic E-state index is 5.86. The fraction of sp³-hybridized carbons (Fsp3) is 1.00. The summed E-state index contributed by atoms with van der Waals surface area (Å²) in [5.41, 5.74) is -0.182. The van der Waals surface area contributed by atoms with E-state index >= 15 is 0 Å². The fourth-order valence-corrected chi connectivity index (χ4v) is 3.78. The molecule has 0 aromatic rings. The SMILES string of the molecule is CCC(OCC1COC1)[Si](Cl)(Cl)Cl. The lowest BCUT2D eigenvalue weighted by Crippen LogP contribution is -2.38. The Morgan fingerprint density at radius 2 is 2.08 bits per heavy atom. The van der Waals surface area contributed by atoms with Gasteiger partial charge in [-0.25, -0.2) is 0 Å². The maximum Gasteiger partial charge on any atom is 0.369 e. The van der Waals surface area contributed by atoms with Gasteiger partial charge in [0.2, 0.25) is 0 Å². The molecule has 6 heteroatoms. The number of hydrogen-bond acceptors (Lipinski definition) is 2. The summed E-state index contributed by atoms with van der Waals surface area (Å²) in [6, 6.07) is -2.69. The van der Waals surface area contributed by atoms with E-state index in [0.29, 0.717) is 12.5 Å². The van der Waals surface area contributed by atoms with Crippen LogP contribution in [0.1, 0.15) is 13.3 Å². The summed E-state index contributed by atoms with van der Waals surface area (Å²) in [7, 11) is 0. The Morgan fingerprint density at radius 3 is 2.38 bits per heavy atom. The second kappa shape index (κ2) is 5.19. The number of hydrogen-bond donors (Lipinski definition) is 0. The van der Waals surface area contributed by atoms with Gasteiger partial charge in [0.05, 0.1) is 25.5 Å². The average Bonchev–Trinajstić information content (AvgIpc) is 1.91. The van der Waals surface area contributed by atoms with E-state index in [1.54, 1.807) is 0 Å². The zero-order chi connectivity index (χ0) is 9.90. The standard InChI is InChI=1S/C7H13Cl3O2Si/c1-2-7(13(8,9)10)12-5-6-3-11-4-6/h6-7H,2-5H2,1H3. The Labute approximate surface area is 93.6 Å². The van der Waals surface area contributed by atoms with Crippen LogP contribution in [-0.4, -0.2) is 31.6 Å². The zero-order valence-electron chi connectivity index (χ0n) is 7.43. The molecule has 1 fully saturated rings. The van der Waals surface area contributed by atoms with Crippen LogP contribution >= 0.6 is 33.2 Å². The monoisotopic (exact) mass is 262 g/mol. The van der Waals surface area contributed by atoms with Crippen LogP contribution in [0.25, 0.3) is 0 Å². The molecule has 0 spiro atoms. The summed E-state index contributed by atoms with van der Waals surface area (Å²) in [6.45, 7) is 4.17. The first-order valence-corrected chi connectivity index (χ1v) is 9.41. The molecule has 1 rings (SSSR count). The number of ether oxygens (including phenoxy) is 2. The van der Waals surface area contributed by atoms with E-state index in [0.717, 1.165) is 19.6 Å². The van der Waals surface area contributed by atoms with E-state index in [-0.39, 0.29) is 5.73 Å². The summed E-state index contributed by atoms with van der Waals surface area (Å²) in [4.78, 5) is 0. The number of rotatable bonds is 5. The molecule has 0 aliphatic carbocycles. The van der Waals surface area contributed by atoms with Gasteiger partial charge in [-0.15, -0.1) is 33.2 Å². The molecule has 2 nitrogen and oxygen atoms in total. The van der Waals surface area contributed by atoms with Gasteiger partial charge in [-0.05, 0) is 6.42 Å². The van der Waals surface area contributed by atoms with Gasteiger partial charge in [-0.2, -0.15) is 0 Å². The summed E-state index contributed by atoms with van der Waals surface area (Å²) >= 11 is 17.6. The molecule has 0 radical (unpaired) electrons. The van der Waals surface area contributed by atoms with Crippen molar-refractivity contribution in [1.29, 1.82) is 0 Å². The van der Waals surface area contributed by atoms with Crippen molar-refractivity contribution in [2.24, 2.45) is 5.92 Å². The highest BCUT2D eigenvalue weighted by atomic mass is 35.8. The molecule has 1 aliphatic heterocycles. The van der Waals surface area contributed by atoms with Crippen LogP contribution in [0.3, 0.4) is 0 Å². The Balaban J connectivity index is 2.22. The van der Waals surface area contributed by atoms with Crippen molar-refractivity contribution < 1.29 is 9.47 Å². The molecule has 1 atom stereocenters. The van der Waals surface area contributed by atoms with Crippen LogP contribution in [0.2, 0.25) is 0 Å². The van der Waals surface area contributed by atoms with E-state index < -0.39 is 6.00 Å². The Bertz CT molecular complexity index is 158. The van der Waals surface area contributed by atoms with Crippen molar-refractivity contribution in [2.75, 3.05) is 19.8 Å². The summed E-state index contributed by atoms with van der Waals surface area (Å²) in [5.74, 6) is 0.496. The minimum atomic E-state index is -2.69. The van der Waals surface area contributed by atoms with Gasteiger partial charge >= 0.3 is 6.00 Å². The normalized spacial score (nSPS) is 21.2. The molecule has 0 aromatic carbocycles. The van der Waals surface area contributed by atoms with Gasteiger partial charge in [-0.3, -0.25) is 0 Å². The van der Waals surface area contributed by atoms with Crippen LogP contribution < -0.4 is 0 Å². The summed E-state index contributed by atoms with van der Waals surface area (Å²) in [6.07, 6.45) is 0.760. The van der Waals surface area contributed by atoms with Crippen molar-refractivity contribution in [3.63, 3.8) is 0 Å². The Hall–Kier alpha value is 1.01. The molecule has 0 aromatic heterocycles. The average molecular weight is 264 g/mol. The molecule has 13 heavy (non-hydrogen) atoms. The van der Waals surface area contributed by atoms with E-state index in [4.69, 9.17) is 42.7 Å². The topological polar surface area (TPSA) is 18.5 Å². The van der Waals surface area contributed by atoms with Gasteiger partial charge < -0.3 is 9.47 Å². The molecule has 0 amide bonds. The molecule has 1 saturated heterocycles. The van der Waals surface area contributed by atoms with Gasteiger partial charge in [0.1, 0.15) is 0 Å². The van der Waals surface area contributed by atoms with Crippen molar-refractivity contribution in [3.8, 4) is 0 Å². The lowest BCUT2D eigenvalue weighted by molar-refractivity contribution is -0.0770. The first-order valence-electron chi connectivity index (χ1n) is 4.30. The number of halogens is 3. The van der Waals surface area contributed by atoms with Gasteiger partial charge in [0, 0.05) is 5.92 Å². The van der Waals surface area contributed by atoms with Crippen molar-refractivity contribution in [2.45, 2.75) is 19.1 Å². The largest absolute Gasteiger partial charge is 0.381 e. The lowest BCUT2D eigenvalue weighted by Gasteiger charge is -2.29. The molecule has 1 unspecified atom stereocenters. The zero-order valence-corrected chi connectivity index (χ0v) is 10.7. The van der Waals surface area contributed by atoms with Crippen LogP contribution in [0.4, 0.5) is 0 Å². The predicted molar refractivity (Wildman–Crippen MR) is 57.7 cm³/mol. The third-order valence-electron chi connectivity index (χ3n) is 1.98. The Morgan fingerprint density at radius 1 is 1.46 bits per heavy atom. The molecule has 1 aliphatic rings. The molecule has 0 saturated carbocycles. The fourth-order valence-electron chi connectivity index (χ4n) is 1.08. The minimum absolute atomic E-state index is 0.182. The quantitative estimate of drug-likeness (QED) is 0.561. The molecular formula is C7H13Cl3O2Si. The summed E-state index contributed by atoms with van der Waals surface area (Å²) < 4.78 is 10.6. The van der Waals surface area contributed by atoms with Gasteiger partial charge in [-0.1, -0.05) is 6.92 Å². The first-order chi connectivity index (χ1) is 6.04. The van der Waals surface area contributed by atoms with Crippen molar-refractivity contribution >= 4 is 39.2 Å². The summed E-state index contributed by atoms with van der Waals surface area (Å²) in [5, 5.41) is 0. The predicted octanol–water partition coefficient (Wildman–Crippen LogP) is 2.62. The highest BCUT2D eigenvalue weighted by Gasteiger charge is 2.37. The van der Waals surface area contributed by atoms with Crippen molar-refractivity contribution in [3.05, 3.63) is 0 Å². The highest BCUT2D eigenvalue weighted by Crippen LogP contribution is 2.29. The highest BCUT2D eigenvalue weighted by molar-refractivity contribution is 7.65. The van der Waals surface area contributed by atoms with E-state index in [2.05, 4.69) is 0 Å². The molecule has 78 valence electrons. The smallest absolute Gasteiger partial charge is 0.369 e. The molecule has 0 N–H and O–H groups in total.